The van der Waals surface area contributed by atoms with Crippen molar-refractivity contribution in [2.45, 2.75) is 19.4 Å². The number of benzene rings is 1. The van der Waals surface area contributed by atoms with Gasteiger partial charge in [-0.3, -0.25) is 4.79 Å². The normalized spacial score (nSPS) is 14.8. The molecule has 0 N–H and O–H groups in total. The van der Waals surface area contributed by atoms with Crippen LogP contribution in [0, 0.1) is 5.92 Å². The molecule has 3 heterocycles. The summed E-state index contributed by atoms with van der Waals surface area (Å²) in [5.74, 6) is 0.882. The van der Waals surface area contributed by atoms with E-state index in [9.17, 15) is 4.79 Å². The van der Waals surface area contributed by atoms with Crippen LogP contribution in [0.4, 0.5) is 5.95 Å². The minimum absolute atomic E-state index is 0.0329. The Balaban J connectivity index is 1.29. The fourth-order valence-electron chi connectivity index (χ4n) is 3.08. The second-order valence-corrected chi connectivity index (χ2v) is 6.82. The van der Waals surface area contributed by atoms with Gasteiger partial charge < -0.3 is 14.2 Å². The molecule has 1 fully saturated rings. The monoisotopic (exact) mass is 399 g/mol. The number of piperidine rings is 1. The van der Waals surface area contributed by atoms with E-state index in [4.69, 9.17) is 20.9 Å². The van der Waals surface area contributed by atoms with Gasteiger partial charge in [-0.05, 0) is 31.0 Å². The van der Waals surface area contributed by atoms with E-state index < -0.39 is 0 Å². The zero-order valence-electron chi connectivity index (χ0n) is 15.0. The number of ether oxygens (including phenoxy) is 1. The Labute approximate surface area is 166 Å². The van der Waals surface area contributed by atoms with E-state index in [-0.39, 0.29) is 18.5 Å². The van der Waals surface area contributed by atoms with E-state index in [1.54, 1.807) is 30.6 Å². The van der Waals surface area contributed by atoms with E-state index in [0.29, 0.717) is 54.2 Å². The molecule has 1 aromatic carbocycles. The quantitative estimate of drug-likeness (QED) is 0.604. The van der Waals surface area contributed by atoms with Gasteiger partial charge in [0.05, 0.1) is 16.5 Å². The zero-order valence-corrected chi connectivity index (χ0v) is 15.7. The molecule has 0 aliphatic carbocycles. The first-order valence-electron chi connectivity index (χ1n) is 8.97. The van der Waals surface area contributed by atoms with E-state index in [1.165, 1.54) is 0 Å². The van der Waals surface area contributed by atoms with Gasteiger partial charge in [0.2, 0.25) is 11.8 Å². The summed E-state index contributed by atoms with van der Waals surface area (Å²) >= 11 is 6.13. The van der Waals surface area contributed by atoms with Gasteiger partial charge in [0.1, 0.15) is 0 Å². The lowest BCUT2D eigenvalue weighted by molar-refractivity contribution is -0.150. The topological polar surface area (TPSA) is 94.2 Å². The summed E-state index contributed by atoms with van der Waals surface area (Å²) in [6, 6.07) is 8.96. The molecule has 4 rings (SSSR count). The summed E-state index contributed by atoms with van der Waals surface area (Å²) in [7, 11) is 0. The van der Waals surface area contributed by atoms with Gasteiger partial charge in [-0.25, -0.2) is 9.97 Å². The number of esters is 1. The minimum Gasteiger partial charge on any atom is -0.457 e. The van der Waals surface area contributed by atoms with Gasteiger partial charge in [-0.15, -0.1) is 0 Å². The Hall–Kier alpha value is -3.00. The average molecular weight is 400 g/mol. The number of halogens is 1. The summed E-state index contributed by atoms with van der Waals surface area (Å²) < 4.78 is 10.6. The molecule has 0 bridgehead atoms. The van der Waals surface area contributed by atoms with Gasteiger partial charge in [0.25, 0.3) is 5.89 Å². The molecule has 9 heteroatoms. The van der Waals surface area contributed by atoms with Gasteiger partial charge in [-0.2, -0.15) is 4.98 Å². The number of rotatable bonds is 5. The molecule has 3 aromatic rings. The van der Waals surface area contributed by atoms with Crippen LogP contribution in [-0.2, 0) is 16.1 Å². The van der Waals surface area contributed by atoms with E-state index in [0.717, 1.165) is 0 Å². The molecule has 1 saturated heterocycles. The van der Waals surface area contributed by atoms with E-state index >= 15 is 0 Å². The van der Waals surface area contributed by atoms with Crippen LogP contribution in [-0.4, -0.2) is 39.2 Å². The Bertz CT molecular complexity index is 942. The van der Waals surface area contributed by atoms with Crippen LogP contribution in [0.3, 0.4) is 0 Å². The molecule has 0 radical (unpaired) electrons. The molecule has 144 valence electrons. The van der Waals surface area contributed by atoms with Gasteiger partial charge in [0.15, 0.2) is 6.61 Å². The highest BCUT2D eigenvalue weighted by Crippen LogP contribution is 2.26. The lowest BCUT2D eigenvalue weighted by Gasteiger charge is -2.30. The van der Waals surface area contributed by atoms with Crippen LogP contribution in [0.1, 0.15) is 18.7 Å². The molecule has 0 amide bonds. The Morgan fingerprint density at radius 3 is 2.68 bits per heavy atom. The van der Waals surface area contributed by atoms with Crippen molar-refractivity contribution in [1.82, 2.24) is 20.1 Å². The zero-order chi connectivity index (χ0) is 19.3. The molecule has 8 nitrogen and oxygen atoms in total. The number of anilines is 1. The molecule has 2 aromatic heterocycles. The first-order valence-corrected chi connectivity index (χ1v) is 9.34. The largest absolute Gasteiger partial charge is 0.457 e. The van der Waals surface area contributed by atoms with Crippen LogP contribution < -0.4 is 4.90 Å². The smallest absolute Gasteiger partial charge is 0.309 e. The van der Waals surface area contributed by atoms with Crippen LogP contribution in [0.15, 0.2) is 47.2 Å². The average Bonchev–Trinajstić information content (AvgIpc) is 3.22. The molecule has 28 heavy (non-hydrogen) atoms. The maximum Gasteiger partial charge on any atom is 0.309 e. The number of aromatic nitrogens is 4. The highest BCUT2D eigenvalue weighted by molar-refractivity contribution is 6.33. The minimum atomic E-state index is -0.252. The fraction of sp³-hybridized carbons (Fsp3) is 0.316. The Kier molecular flexibility index (Phi) is 5.48. The predicted molar refractivity (Wildman–Crippen MR) is 102 cm³/mol. The molecule has 0 spiro atoms. The third kappa shape index (κ3) is 4.12. The van der Waals surface area contributed by atoms with Crippen LogP contribution in [0.25, 0.3) is 11.5 Å². The lowest BCUT2D eigenvalue weighted by Crippen LogP contribution is -2.37. The number of carbonyl (C=O) groups excluding carboxylic acids is 1. The Morgan fingerprint density at radius 2 is 1.93 bits per heavy atom. The lowest BCUT2D eigenvalue weighted by atomic mass is 9.97. The van der Waals surface area contributed by atoms with Crippen molar-refractivity contribution in [2.75, 3.05) is 18.0 Å². The van der Waals surface area contributed by atoms with Crippen molar-refractivity contribution in [3.05, 3.63) is 53.6 Å². The second-order valence-electron chi connectivity index (χ2n) is 6.41. The standard InChI is InChI=1S/C19H18ClN5O3/c20-15-5-2-1-4-14(15)17-23-16(24-28-17)12-27-18(26)13-6-10-25(11-7-13)19-21-8-3-9-22-19/h1-5,8-9,13H,6-7,10-12H2. The molecule has 1 aliphatic rings. The van der Waals surface area contributed by atoms with Crippen molar-refractivity contribution >= 4 is 23.5 Å². The van der Waals surface area contributed by atoms with Crippen molar-refractivity contribution in [3.63, 3.8) is 0 Å². The summed E-state index contributed by atoms with van der Waals surface area (Å²) in [6.45, 7) is 1.39. The van der Waals surface area contributed by atoms with Crippen molar-refractivity contribution in [3.8, 4) is 11.5 Å². The molecule has 0 unspecified atom stereocenters. The van der Waals surface area contributed by atoms with Crippen LogP contribution in [0.2, 0.25) is 5.02 Å². The van der Waals surface area contributed by atoms with Gasteiger partial charge in [0, 0.05) is 25.5 Å². The first-order chi connectivity index (χ1) is 13.7. The number of hydrogen-bond acceptors (Lipinski definition) is 8. The van der Waals surface area contributed by atoms with Crippen molar-refractivity contribution in [1.29, 1.82) is 0 Å². The molecular formula is C19H18ClN5O3. The SMILES string of the molecule is O=C(OCc1noc(-c2ccccc2Cl)n1)C1CCN(c2ncccn2)CC1. The maximum absolute atomic E-state index is 12.4. The van der Waals surface area contributed by atoms with E-state index in [1.807, 2.05) is 12.1 Å². The first kappa shape index (κ1) is 18.4. The highest BCUT2D eigenvalue weighted by Gasteiger charge is 2.27. The van der Waals surface area contributed by atoms with Crippen molar-refractivity contribution < 1.29 is 14.1 Å². The predicted octanol–water partition coefficient (Wildman–Crippen LogP) is 3.14. The fourth-order valence-corrected chi connectivity index (χ4v) is 3.30. The number of hydrogen-bond donors (Lipinski definition) is 0. The summed E-state index contributed by atoms with van der Waals surface area (Å²) in [4.78, 5) is 27.2. The van der Waals surface area contributed by atoms with E-state index in [2.05, 4.69) is 25.0 Å². The molecule has 0 saturated carbocycles. The number of carbonyl (C=O) groups is 1. The summed E-state index contributed by atoms with van der Waals surface area (Å²) in [5.41, 5.74) is 0.643. The third-order valence-electron chi connectivity index (χ3n) is 4.58. The highest BCUT2D eigenvalue weighted by atomic mass is 35.5. The van der Waals surface area contributed by atoms with Crippen LogP contribution in [0.5, 0.6) is 0 Å². The molecule has 1 aliphatic heterocycles. The van der Waals surface area contributed by atoms with Crippen LogP contribution >= 0.6 is 11.6 Å². The number of nitrogens with zero attached hydrogens (tertiary/aromatic N) is 5. The molecule has 0 atom stereocenters. The van der Waals surface area contributed by atoms with Crippen molar-refractivity contribution in [2.24, 2.45) is 5.92 Å². The second kappa shape index (κ2) is 8.35. The Morgan fingerprint density at radius 1 is 1.18 bits per heavy atom. The van der Waals surface area contributed by atoms with Gasteiger partial charge in [-0.1, -0.05) is 28.9 Å². The van der Waals surface area contributed by atoms with Gasteiger partial charge >= 0.3 is 5.97 Å². The molecular weight excluding hydrogens is 382 g/mol. The maximum atomic E-state index is 12.4. The third-order valence-corrected chi connectivity index (χ3v) is 4.91. The summed E-state index contributed by atoms with van der Waals surface area (Å²) in [6.07, 6.45) is 4.80. The summed E-state index contributed by atoms with van der Waals surface area (Å²) in [5, 5.41) is 4.37.